The summed E-state index contributed by atoms with van der Waals surface area (Å²) in [5.74, 6) is 0.952. The Labute approximate surface area is 122 Å². The Morgan fingerprint density at radius 1 is 1.15 bits per heavy atom. The number of nitrogens with zero attached hydrogens (tertiary/aromatic N) is 2. The van der Waals surface area contributed by atoms with Crippen LogP contribution in [-0.2, 0) is 0 Å². The van der Waals surface area contributed by atoms with Crippen LogP contribution in [0.25, 0.3) is 0 Å². The first-order valence-electron chi connectivity index (χ1n) is 8.06. The first kappa shape index (κ1) is 13.8. The van der Waals surface area contributed by atoms with Gasteiger partial charge in [0.2, 0.25) is 0 Å². The third-order valence-corrected chi connectivity index (χ3v) is 4.99. The maximum atomic E-state index is 4.86. The predicted octanol–water partition coefficient (Wildman–Crippen LogP) is 4.06. The van der Waals surface area contributed by atoms with E-state index < -0.39 is 0 Å². The molecule has 0 bridgehead atoms. The minimum Gasteiger partial charge on any atom is -0.306 e. The second kappa shape index (κ2) is 6.09. The lowest BCUT2D eigenvalue weighted by molar-refractivity contribution is 0.209. The largest absolute Gasteiger partial charge is 0.306 e. The number of piperidine rings is 1. The predicted molar refractivity (Wildman–Crippen MR) is 85.5 cm³/mol. The highest BCUT2D eigenvalue weighted by molar-refractivity contribution is 6.02. The van der Waals surface area contributed by atoms with Crippen LogP contribution in [-0.4, -0.2) is 30.7 Å². The van der Waals surface area contributed by atoms with E-state index in [1.165, 1.54) is 62.0 Å². The summed E-state index contributed by atoms with van der Waals surface area (Å²) in [4.78, 5) is 7.32. The zero-order chi connectivity index (χ0) is 13.9. The summed E-state index contributed by atoms with van der Waals surface area (Å²) >= 11 is 0. The third kappa shape index (κ3) is 2.95. The van der Waals surface area contributed by atoms with Gasteiger partial charge in [-0.25, -0.2) is 0 Å². The lowest BCUT2D eigenvalue weighted by atomic mass is 9.90. The zero-order valence-corrected chi connectivity index (χ0v) is 12.8. The average molecular weight is 270 g/mol. The molecule has 0 aromatic heterocycles. The molecule has 0 aliphatic carbocycles. The van der Waals surface area contributed by atoms with Gasteiger partial charge in [-0.05, 0) is 57.8 Å². The molecule has 1 atom stereocenters. The summed E-state index contributed by atoms with van der Waals surface area (Å²) in [6.45, 7) is 4.72. The van der Waals surface area contributed by atoms with Gasteiger partial charge in [0, 0.05) is 11.3 Å². The molecule has 0 spiro atoms. The normalized spacial score (nSPS) is 23.7. The van der Waals surface area contributed by atoms with Crippen LogP contribution >= 0.6 is 0 Å². The molecule has 2 aliphatic rings. The molecule has 0 N–H and O–H groups in total. The van der Waals surface area contributed by atoms with Gasteiger partial charge in [-0.3, -0.25) is 4.99 Å². The molecular weight excluding hydrogens is 244 g/mol. The highest BCUT2D eigenvalue weighted by Gasteiger charge is 2.22. The van der Waals surface area contributed by atoms with Crippen molar-refractivity contribution in [3.8, 4) is 0 Å². The highest BCUT2D eigenvalue weighted by atomic mass is 15.1. The summed E-state index contributed by atoms with van der Waals surface area (Å²) < 4.78 is 0. The van der Waals surface area contributed by atoms with Crippen molar-refractivity contribution in [2.24, 2.45) is 10.9 Å². The van der Waals surface area contributed by atoms with Gasteiger partial charge in [-0.2, -0.15) is 0 Å². The van der Waals surface area contributed by atoms with Crippen LogP contribution in [0.15, 0.2) is 29.3 Å². The van der Waals surface area contributed by atoms with E-state index in [1.807, 2.05) is 0 Å². The Hall–Kier alpha value is -1.15. The number of fused-ring (bicyclic) bond motifs is 1. The molecule has 108 valence electrons. The summed E-state index contributed by atoms with van der Waals surface area (Å²) in [5.41, 5.74) is 4.05. The van der Waals surface area contributed by atoms with Crippen LogP contribution in [0.1, 0.15) is 56.2 Å². The third-order valence-electron chi connectivity index (χ3n) is 4.99. The Bertz CT molecular complexity index is 484. The van der Waals surface area contributed by atoms with Crippen LogP contribution < -0.4 is 0 Å². The standard InChI is InChI=1S/C18H26N2/c1-14-16-7-3-4-8-17(16)18(19-14)9-5-6-15-10-12-20(2)13-11-15/h3-4,7-8,15,18H,5-6,9-13H2,1-2H3. The fraction of sp³-hybridized carbons (Fsp3) is 0.611. The van der Waals surface area contributed by atoms with Gasteiger partial charge in [0.15, 0.2) is 0 Å². The van der Waals surface area contributed by atoms with Crippen molar-refractivity contribution in [3.05, 3.63) is 35.4 Å². The van der Waals surface area contributed by atoms with Gasteiger partial charge in [-0.15, -0.1) is 0 Å². The van der Waals surface area contributed by atoms with Gasteiger partial charge in [-0.1, -0.05) is 37.1 Å². The van der Waals surface area contributed by atoms with Crippen molar-refractivity contribution < 1.29 is 0 Å². The molecule has 1 fully saturated rings. The van der Waals surface area contributed by atoms with Crippen LogP contribution in [0, 0.1) is 5.92 Å². The smallest absolute Gasteiger partial charge is 0.0758 e. The van der Waals surface area contributed by atoms with Crippen LogP contribution in [0.5, 0.6) is 0 Å². The zero-order valence-electron chi connectivity index (χ0n) is 12.8. The van der Waals surface area contributed by atoms with Crippen LogP contribution in [0.2, 0.25) is 0 Å². The van der Waals surface area contributed by atoms with Gasteiger partial charge in [0.25, 0.3) is 0 Å². The quantitative estimate of drug-likeness (QED) is 0.805. The summed E-state index contributed by atoms with van der Waals surface area (Å²) in [5, 5.41) is 0. The van der Waals surface area contributed by atoms with Crippen molar-refractivity contribution in [1.82, 2.24) is 4.90 Å². The summed E-state index contributed by atoms with van der Waals surface area (Å²) in [6, 6.07) is 9.17. The Kier molecular flexibility index (Phi) is 4.21. The van der Waals surface area contributed by atoms with E-state index in [0.29, 0.717) is 6.04 Å². The molecule has 1 unspecified atom stereocenters. The monoisotopic (exact) mass is 270 g/mol. The number of hydrogen-bond acceptors (Lipinski definition) is 2. The Balaban J connectivity index is 1.50. The second-order valence-corrected chi connectivity index (χ2v) is 6.50. The molecule has 2 aliphatic heterocycles. The van der Waals surface area contributed by atoms with Gasteiger partial charge >= 0.3 is 0 Å². The molecule has 2 heteroatoms. The van der Waals surface area contributed by atoms with E-state index in [9.17, 15) is 0 Å². The minimum atomic E-state index is 0.428. The van der Waals surface area contributed by atoms with Crippen molar-refractivity contribution in [1.29, 1.82) is 0 Å². The molecule has 20 heavy (non-hydrogen) atoms. The fourth-order valence-corrected chi connectivity index (χ4v) is 3.66. The maximum Gasteiger partial charge on any atom is 0.0758 e. The lowest BCUT2D eigenvalue weighted by Gasteiger charge is -2.29. The second-order valence-electron chi connectivity index (χ2n) is 6.50. The van der Waals surface area contributed by atoms with Crippen LogP contribution in [0.3, 0.4) is 0 Å². The van der Waals surface area contributed by atoms with Gasteiger partial charge in [0.1, 0.15) is 0 Å². The molecule has 0 amide bonds. The first-order chi connectivity index (χ1) is 9.74. The average Bonchev–Trinajstić information content (AvgIpc) is 2.79. The minimum absolute atomic E-state index is 0.428. The molecule has 0 radical (unpaired) electrons. The number of aliphatic imine (C=N–C) groups is 1. The number of likely N-dealkylation sites (tertiary alicyclic amines) is 1. The molecule has 3 rings (SSSR count). The molecule has 2 nitrogen and oxygen atoms in total. The molecular formula is C18H26N2. The summed E-state index contributed by atoms with van der Waals surface area (Å²) in [6.07, 6.45) is 6.71. The van der Waals surface area contributed by atoms with Gasteiger partial charge in [0.05, 0.1) is 6.04 Å². The van der Waals surface area contributed by atoms with E-state index >= 15 is 0 Å². The Morgan fingerprint density at radius 2 is 1.90 bits per heavy atom. The van der Waals surface area contributed by atoms with Crippen LogP contribution in [0.4, 0.5) is 0 Å². The van der Waals surface area contributed by atoms with E-state index in [1.54, 1.807) is 0 Å². The lowest BCUT2D eigenvalue weighted by Crippen LogP contribution is -2.30. The van der Waals surface area contributed by atoms with E-state index in [0.717, 1.165) is 5.92 Å². The Morgan fingerprint density at radius 3 is 2.70 bits per heavy atom. The summed E-state index contributed by atoms with van der Waals surface area (Å²) in [7, 11) is 2.24. The highest BCUT2D eigenvalue weighted by Crippen LogP contribution is 2.34. The van der Waals surface area contributed by atoms with E-state index in [-0.39, 0.29) is 0 Å². The van der Waals surface area contributed by atoms with E-state index in [4.69, 9.17) is 4.99 Å². The first-order valence-corrected chi connectivity index (χ1v) is 8.06. The van der Waals surface area contributed by atoms with Crippen molar-refractivity contribution in [2.75, 3.05) is 20.1 Å². The molecule has 1 saturated heterocycles. The number of rotatable bonds is 4. The van der Waals surface area contributed by atoms with E-state index in [2.05, 4.69) is 43.1 Å². The topological polar surface area (TPSA) is 15.6 Å². The maximum absolute atomic E-state index is 4.86. The molecule has 1 aromatic carbocycles. The number of benzene rings is 1. The fourth-order valence-electron chi connectivity index (χ4n) is 3.66. The van der Waals surface area contributed by atoms with Crippen molar-refractivity contribution in [2.45, 2.75) is 45.1 Å². The van der Waals surface area contributed by atoms with Crippen molar-refractivity contribution in [3.63, 3.8) is 0 Å². The molecule has 0 saturated carbocycles. The SMILES string of the molecule is CC1=NC(CCCC2CCN(C)CC2)c2ccccc21. The molecule has 2 heterocycles. The van der Waals surface area contributed by atoms with Gasteiger partial charge < -0.3 is 4.90 Å². The van der Waals surface area contributed by atoms with Crippen molar-refractivity contribution >= 4 is 5.71 Å². The molecule has 1 aromatic rings. The number of hydrogen-bond donors (Lipinski definition) is 0.